The number of hydrogen-bond acceptors (Lipinski definition) is 3. The van der Waals surface area contributed by atoms with Crippen LogP contribution in [0.4, 0.5) is 0 Å². The Morgan fingerprint density at radius 1 is 1.40 bits per heavy atom. The lowest BCUT2D eigenvalue weighted by molar-refractivity contribution is -0.145. The molecule has 15 heavy (non-hydrogen) atoms. The monoisotopic (exact) mass is 209 g/mol. The Labute approximate surface area is 88.6 Å². The molecule has 0 saturated heterocycles. The number of carboxylic acid groups (broad SMARTS) is 1. The van der Waals surface area contributed by atoms with Crippen molar-refractivity contribution in [1.29, 1.82) is 0 Å². The molecule has 0 aliphatic rings. The van der Waals surface area contributed by atoms with Gasteiger partial charge >= 0.3 is 5.97 Å². The molecule has 0 unspecified atom stereocenters. The summed E-state index contributed by atoms with van der Waals surface area (Å²) in [5.74, 6) is -1.05. The van der Waals surface area contributed by atoms with Crippen molar-refractivity contribution in [2.45, 2.75) is 19.0 Å². The van der Waals surface area contributed by atoms with Gasteiger partial charge in [0.05, 0.1) is 6.61 Å². The minimum Gasteiger partial charge on any atom is -0.480 e. The number of benzene rings is 1. The van der Waals surface area contributed by atoms with Crippen LogP contribution in [0.5, 0.6) is 0 Å². The molecule has 1 atom stereocenters. The smallest absolute Gasteiger partial charge is 0.326 e. The van der Waals surface area contributed by atoms with E-state index in [1.807, 2.05) is 30.3 Å². The molecule has 0 fully saturated rings. The fourth-order valence-electron chi connectivity index (χ4n) is 1.09. The topological polar surface area (TPSA) is 69.6 Å². The molecule has 4 heteroatoms. The lowest BCUT2D eigenvalue weighted by Crippen LogP contribution is -2.52. The predicted molar refractivity (Wildman–Crippen MR) is 56.4 cm³/mol. The van der Waals surface area contributed by atoms with E-state index in [-0.39, 0.29) is 0 Å². The number of hydrogen-bond donors (Lipinski definition) is 3. The first kappa shape index (κ1) is 11.7. The standard InChI is InChI=1S/C11H15NO3/c1-11(8-13,10(14)15)12-7-9-5-3-2-4-6-9/h2-6,12-13H,7-8H2,1H3,(H,14,15)/t11-/m0/s1. The third-order valence-corrected chi connectivity index (χ3v) is 2.31. The largest absolute Gasteiger partial charge is 0.480 e. The van der Waals surface area contributed by atoms with Crippen molar-refractivity contribution in [3.8, 4) is 0 Å². The highest BCUT2D eigenvalue weighted by Crippen LogP contribution is 2.05. The molecular formula is C11H15NO3. The van der Waals surface area contributed by atoms with Crippen LogP contribution in [0.3, 0.4) is 0 Å². The number of nitrogens with one attached hydrogen (secondary N) is 1. The van der Waals surface area contributed by atoms with Gasteiger partial charge in [-0.1, -0.05) is 30.3 Å². The highest BCUT2D eigenvalue weighted by atomic mass is 16.4. The van der Waals surface area contributed by atoms with Crippen LogP contribution < -0.4 is 5.32 Å². The highest BCUT2D eigenvalue weighted by molar-refractivity contribution is 5.78. The summed E-state index contributed by atoms with van der Waals surface area (Å²) in [5.41, 5.74) is -0.297. The number of carboxylic acids is 1. The molecule has 0 amide bonds. The second kappa shape index (κ2) is 4.91. The van der Waals surface area contributed by atoms with Crippen LogP contribution in [0, 0.1) is 0 Å². The number of carbonyl (C=O) groups is 1. The Morgan fingerprint density at radius 3 is 2.47 bits per heavy atom. The number of aliphatic hydroxyl groups excluding tert-OH is 1. The lowest BCUT2D eigenvalue weighted by atomic mass is 10.0. The zero-order valence-electron chi connectivity index (χ0n) is 8.60. The number of rotatable bonds is 5. The molecule has 0 aliphatic carbocycles. The van der Waals surface area contributed by atoms with Gasteiger partial charge in [0.15, 0.2) is 0 Å². The van der Waals surface area contributed by atoms with Gasteiger partial charge in [0.1, 0.15) is 5.54 Å². The third-order valence-electron chi connectivity index (χ3n) is 2.31. The molecule has 0 aliphatic heterocycles. The molecule has 82 valence electrons. The first-order chi connectivity index (χ1) is 7.08. The van der Waals surface area contributed by atoms with Gasteiger partial charge < -0.3 is 10.2 Å². The first-order valence-electron chi connectivity index (χ1n) is 4.72. The predicted octanol–water partition coefficient (Wildman–Crippen LogP) is 0.612. The van der Waals surface area contributed by atoms with Crippen molar-refractivity contribution in [3.63, 3.8) is 0 Å². The van der Waals surface area contributed by atoms with E-state index < -0.39 is 18.1 Å². The van der Waals surface area contributed by atoms with Crippen molar-refractivity contribution >= 4 is 5.97 Å². The van der Waals surface area contributed by atoms with Gasteiger partial charge in [-0.2, -0.15) is 0 Å². The van der Waals surface area contributed by atoms with Gasteiger partial charge in [-0.15, -0.1) is 0 Å². The van der Waals surface area contributed by atoms with Crippen LogP contribution in [0.2, 0.25) is 0 Å². The van der Waals surface area contributed by atoms with Gasteiger partial charge in [-0.3, -0.25) is 10.1 Å². The van der Waals surface area contributed by atoms with Crippen molar-refractivity contribution < 1.29 is 15.0 Å². The Kier molecular flexibility index (Phi) is 3.82. The summed E-state index contributed by atoms with van der Waals surface area (Å²) in [6, 6.07) is 9.45. The van der Waals surface area contributed by atoms with Crippen molar-refractivity contribution in [2.24, 2.45) is 0 Å². The minimum atomic E-state index is -1.28. The maximum atomic E-state index is 10.9. The maximum absolute atomic E-state index is 10.9. The summed E-state index contributed by atoms with van der Waals surface area (Å²) in [4.78, 5) is 10.9. The summed E-state index contributed by atoms with van der Waals surface area (Å²) < 4.78 is 0. The fourth-order valence-corrected chi connectivity index (χ4v) is 1.09. The Hall–Kier alpha value is -1.39. The highest BCUT2D eigenvalue weighted by Gasteiger charge is 2.31. The quantitative estimate of drug-likeness (QED) is 0.664. The van der Waals surface area contributed by atoms with Gasteiger partial charge in [0.2, 0.25) is 0 Å². The summed E-state index contributed by atoms with van der Waals surface area (Å²) in [5, 5.41) is 20.7. The van der Waals surface area contributed by atoms with E-state index in [4.69, 9.17) is 10.2 Å². The van der Waals surface area contributed by atoms with E-state index in [1.54, 1.807) is 0 Å². The molecular weight excluding hydrogens is 194 g/mol. The molecule has 1 rings (SSSR count). The molecule has 1 aromatic carbocycles. The summed E-state index contributed by atoms with van der Waals surface area (Å²) in [6.07, 6.45) is 0. The minimum absolute atomic E-state index is 0.421. The summed E-state index contributed by atoms with van der Waals surface area (Å²) in [6.45, 7) is 1.44. The molecule has 0 radical (unpaired) electrons. The van der Waals surface area contributed by atoms with Crippen LogP contribution in [0.25, 0.3) is 0 Å². The van der Waals surface area contributed by atoms with Crippen LogP contribution in [-0.2, 0) is 11.3 Å². The summed E-state index contributed by atoms with van der Waals surface area (Å²) >= 11 is 0. The molecule has 3 N–H and O–H groups in total. The zero-order chi connectivity index (χ0) is 11.3. The van der Waals surface area contributed by atoms with E-state index in [1.165, 1.54) is 6.92 Å². The van der Waals surface area contributed by atoms with E-state index in [9.17, 15) is 4.79 Å². The van der Waals surface area contributed by atoms with Gasteiger partial charge in [0.25, 0.3) is 0 Å². The molecule has 0 bridgehead atoms. The molecule has 4 nitrogen and oxygen atoms in total. The van der Waals surface area contributed by atoms with Crippen molar-refractivity contribution in [2.75, 3.05) is 6.61 Å². The van der Waals surface area contributed by atoms with Crippen molar-refractivity contribution in [3.05, 3.63) is 35.9 Å². The lowest BCUT2D eigenvalue weighted by Gasteiger charge is -2.23. The molecule has 0 heterocycles. The average molecular weight is 209 g/mol. The van der Waals surface area contributed by atoms with Crippen LogP contribution in [0.1, 0.15) is 12.5 Å². The summed E-state index contributed by atoms with van der Waals surface area (Å²) in [7, 11) is 0. The van der Waals surface area contributed by atoms with Gasteiger partial charge in [-0.25, -0.2) is 0 Å². The van der Waals surface area contributed by atoms with E-state index in [0.717, 1.165) is 5.56 Å². The molecule has 0 spiro atoms. The van der Waals surface area contributed by atoms with E-state index in [2.05, 4.69) is 5.32 Å². The molecule has 0 saturated carbocycles. The van der Waals surface area contributed by atoms with E-state index in [0.29, 0.717) is 6.54 Å². The third kappa shape index (κ3) is 3.04. The first-order valence-corrected chi connectivity index (χ1v) is 4.72. The van der Waals surface area contributed by atoms with Gasteiger partial charge in [-0.05, 0) is 12.5 Å². The zero-order valence-corrected chi connectivity index (χ0v) is 8.60. The fraction of sp³-hybridized carbons (Fsp3) is 0.364. The normalized spacial score (nSPS) is 14.5. The number of aliphatic carboxylic acids is 1. The Bertz CT molecular complexity index is 326. The van der Waals surface area contributed by atoms with Crippen LogP contribution in [-0.4, -0.2) is 28.3 Å². The average Bonchev–Trinajstić information content (AvgIpc) is 2.27. The number of aliphatic hydroxyl groups is 1. The Morgan fingerprint density at radius 2 is 2.00 bits per heavy atom. The second-order valence-electron chi connectivity index (χ2n) is 3.63. The van der Waals surface area contributed by atoms with Crippen LogP contribution >= 0.6 is 0 Å². The molecule has 1 aromatic rings. The van der Waals surface area contributed by atoms with Crippen molar-refractivity contribution in [1.82, 2.24) is 5.32 Å². The van der Waals surface area contributed by atoms with E-state index >= 15 is 0 Å². The van der Waals surface area contributed by atoms with Gasteiger partial charge in [0, 0.05) is 6.54 Å². The Balaban J connectivity index is 2.59. The van der Waals surface area contributed by atoms with Crippen LogP contribution in [0.15, 0.2) is 30.3 Å². The second-order valence-corrected chi connectivity index (χ2v) is 3.63. The maximum Gasteiger partial charge on any atom is 0.326 e. The molecule has 0 aromatic heterocycles. The SMILES string of the molecule is C[C@@](CO)(NCc1ccccc1)C(=O)O.